The van der Waals surface area contributed by atoms with E-state index in [1.54, 1.807) is 54.6 Å². The summed E-state index contributed by atoms with van der Waals surface area (Å²) in [5.41, 5.74) is 0.802. The highest BCUT2D eigenvalue weighted by Crippen LogP contribution is 2.32. The molecular formula is C30H28FN5O5S. The summed E-state index contributed by atoms with van der Waals surface area (Å²) in [6, 6.07) is 19.2. The number of nitrogens with one attached hydrogen (secondary N) is 3. The topological polar surface area (TPSA) is 139 Å². The number of H-pyrrole nitrogens is 2. The predicted octanol–water partition coefficient (Wildman–Crippen LogP) is 4.15. The Hall–Kier alpha value is -4.71. The van der Waals surface area contributed by atoms with Crippen molar-refractivity contribution in [3.05, 3.63) is 116 Å². The third-order valence-corrected chi connectivity index (χ3v) is 8.80. The number of fused-ring (bicyclic) bond motifs is 1. The fourth-order valence-corrected chi connectivity index (χ4v) is 6.07. The van der Waals surface area contributed by atoms with Gasteiger partial charge in [-0.3, -0.25) is 19.1 Å². The summed E-state index contributed by atoms with van der Waals surface area (Å²) in [5.74, 6) is 0.237. The van der Waals surface area contributed by atoms with E-state index in [1.807, 2.05) is 0 Å². The number of benzene rings is 3. The summed E-state index contributed by atoms with van der Waals surface area (Å²) < 4.78 is 49.9. The molecule has 1 aliphatic rings. The van der Waals surface area contributed by atoms with Crippen molar-refractivity contribution in [2.45, 2.75) is 36.6 Å². The van der Waals surface area contributed by atoms with E-state index < -0.39 is 27.2 Å². The Morgan fingerprint density at radius 1 is 1.05 bits per heavy atom. The van der Waals surface area contributed by atoms with Crippen LogP contribution in [0.4, 0.5) is 10.1 Å². The highest BCUT2D eigenvalue weighted by Gasteiger charge is 2.27. The molecule has 1 saturated carbocycles. The van der Waals surface area contributed by atoms with E-state index in [-0.39, 0.29) is 28.3 Å². The van der Waals surface area contributed by atoms with E-state index in [9.17, 15) is 22.4 Å². The van der Waals surface area contributed by atoms with Gasteiger partial charge in [0.1, 0.15) is 22.9 Å². The van der Waals surface area contributed by atoms with Gasteiger partial charge in [-0.25, -0.2) is 22.6 Å². The normalized spacial score (nSPS) is 14.1. The third-order valence-electron chi connectivity index (χ3n) is 7.42. The first-order valence-electron chi connectivity index (χ1n) is 13.4. The van der Waals surface area contributed by atoms with E-state index in [4.69, 9.17) is 9.72 Å². The van der Waals surface area contributed by atoms with E-state index in [2.05, 4.69) is 14.7 Å². The van der Waals surface area contributed by atoms with Crippen molar-refractivity contribution >= 4 is 26.9 Å². The fourth-order valence-electron chi connectivity index (χ4n) is 4.97. The van der Waals surface area contributed by atoms with Crippen molar-refractivity contribution in [1.82, 2.24) is 19.5 Å². The molecule has 42 heavy (non-hydrogen) atoms. The summed E-state index contributed by atoms with van der Waals surface area (Å²) in [6.45, 7) is 0.455. The zero-order valence-corrected chi connectivity index (χ0v) is 23.4. The molecule has 5 aromatic rings. The third kappa shape index (κ3) is 5.57. The van der Waals surface area contributed by atoms with Gasteiger partial charge in [0.2, 0.25) is 0 Å². The van der Waals surface area contributed by atoms with E-state index in [1.165, 1.54) is 29.9 Å². The molecule has 1 atom stereocenters. The van der Waals surface area contributed by atoms with Crippen molar-refractivity contribution in [1.29, 1.82) is 0 Å². The van der Waals surface area contributed by atoms with Crippen LogP contribution >= 0.6 is 0 Å². The van der Waals surface area contributed by atoms with Gasteiger partial charge in [0.05, 0.1) is 12.0 Å². The molecule has 0 saturated heterocycles. The van der Waals surface area contributed by atoms with E-state index in [0.717, 1.165) is 12.8 Å². The molecule has 0 spiro atoms. The second kappa shape index (κ2) is 10.9. The summed E-state index contributed by atoms with van der Waals surface area (Å²) in [7, 11) is -2.43. The number of ether oxygens (including phenoxy) is 1. The van der Waals surface area contributed by atoms with Gasteiger partial charge < -0.3 is 9.72 Å². The van der Waals surface area contributed by atoms with Gasteiger partial charge >= 0.3 is 5.69 Å². The van der Waals surface area contributed by atoms with Crippen LogP contribution in [0.5, 0.6) is 5.75 Å². The maximum absolute atomic E-state index is 14.8. The smallest absolute Gasteiger partial charge is 0.330 e. The molecule has 0 bridgehead atoms. The first-order valence-corrected chi connectivity index (χ1v) is 14.9. The molecule has 2 aromatic heterocycles. The molecule has 6 rings (SSSR count). The van der Waals surface area contributed by atoms with Crippen molar-refractivity contribution < 1.29 is 17.5 Å². The Balaban J connectivity index is 1.37. The average molecular weight is 590 g/mol. The Kier molecular flexibility index (Phi) is 7.15. The molecule has 0 amide bonds. The number of methoxy groups -OCH3 is 1. The SMILES string of the molecule is COc1cccc(S(=O)(=O)Nc2ccc(C(Cc3ccccc3F)c3nc4c([nH]3)c(=O)[nH]c(=O)n4CC3CC3)cc2)c1. The molecule has 1 fully saturated rings. The Labute approximate surface area is 240 Å². The van der Waals surface area contributed by atoms with Gasteiger partial charge in [-0.05, 0) is 66.6 Å². The molecule has 10 nitrogen and oxygen atoms in total. The van der Waals surface area contributed by atoms with Crippen LogP contribution in [0.3, 0.4) is 0 Å². The van der Waals surface area contributed by atoms with E-state index in [0.29, 0.717) is 40.9 Å². The minimum absolute atomic E-state index is 0.0492. The lowest BCUT2D eigenvalue weighted by Crippen LogP contribution is -2.30. The number of imidazole rings is 1. The van der Waals surface area contributed by atoms with Crippen LogP contribution in [0.2, 0.25) is 0 Å². The molecule has 2 heterocycles. The number of anilines is 1. The monoisotopic (exact) mass is 589 g/mol. The van der Waals surface area contributed by atoms with Crippen LogP contribution in [-0.2, 0) is 23.0 Å². The fraction of sp³-hybridized carbons (Fsp3) is 0.233. The summed E-state index contributed by atoms with van der Waals surface area (Å²) in [5, 5.41) is 0. The average Bonchev–Trinajstić information content (AvgIpc) is 3.70. The molecule has 1 unspecified atom stereocenters. The molecule has 3 aromatic carbocycles. The van der Waals surface area contributed by atoms with Crippen LogP contribution in [0.15, 0.2) is 87.3 Å². The van der Waals surface area contributed by atoms with Crippen LogP contribution in [-0.4, -0.2) is 35.0 Å². The van der Waals surface area contributed by atoms with Crippen LogP contribution in [0.25, 0.3) is 11.2 Å². The van der Waals surface area contributed by atoms with Gasteiger partial charge in [0.15, 0.2) is 5.65 Å². The molecule has 1 aliphatic carbocycles. The number of hydrogen-bond acceptors (Lipinski definition) is 6. The van der Waals surface area contributed by atoms with Gasteiger partial charge in [0, 0.05) is 24.2 Å². The first kappa shape index (κ1) is 27.5. The van der Waals surface area contributed by atoms with Crippen molar-refractivity contribution in [3.63, 3.8) is 0 Å². The lowest BCUT2D eigenvalue weighted by Gasteiger charge is -2.17. The van der Waals surface area contributed by atoms with Gasteiger partial charge in [0.25, 0.3) is 15.6 Å². The maximum atomic E-state index is 14.8. The zero-order chi connectivity index (χ0) is 29.4. The summed E-state index contributed by atoms with van der Waals surface area (Å²) in [4.78, 5) is 35.5. The summed E-state index contributed by atoms with van der Waals surface area (Å²) in [6.07, 6.45) is 2.22. The number of sulfonamides is 1. The van der Waals surface area contributed by atoms with Gasteiger partial charge in [-0.2, -0.15) is 0 Å². The van der Waals surface area contributed by atoms with Crippen molar-refractivity contribution in [2.75, 3.05) is 11.8 Å². The maximum Gasteiger partial charge on any atom is 0.330 e. The standard InChI is InChI=1S/C30H28FN5O5S/c1-41-22-6-4-7-23(16-22)42(39,40)35-21-13-11-19(12-14-21)24(15-20-5-2-3-8-25(20)31)27-32-26-28(33-27)36(17-18-9-10-18)30(38)34-29(26)37/h2-8,11-14,16,18,24,35H,9-10,15,17H2,1H3,(H,32,33)(H,34,37,38). The van der Waals surface area contributed by atoms with Gasteiger partial charge in [-0.1, -0.05) is 36.4 Å². The molecule has 0 radical (unpaired) electrons. The number of aromatic amines is 2. The van der Waals surface area contributed by atoms with Crippen LogP contribution in [0, 0.1) is 11.7 Å². The quantitative estimate of drug-likeness (QED) is 0.224. The molecule has 12 heteroatoms. The van der Waals surface area contributed by atoms with Crippen LogP contribution < -0.4 is 20.7 Å². The van der Waals surface area contributed by atoms with E-state index >= 15 is 0 Å². The lowest BCUT2D eigenvalue weighted by molar-refractivity contribution is 0.413. The first-order chi connectivity index (χ1) is 20.2. The lowest BCUT2D eigenvalue weighted by atomic mass is 9.91. The molecule has 216 valence electrons. The Morgan fingerprint density at radius 2 is 1.81 bits per heavy atom. The number of nitrogens with zero attached hydrogens (tertiary/aromatic N) is 2. The number of halogens is 1. The zero-order valence-electron chi connectivity index (χ0n) is 22.6. The highest BCUT2D eigenvalue weighted by molar-refractivity contribution is 7.92. The Morgan fingerprint density at radius 3 is 2.52 bits per heavy atom. The number of rotatable bonds is 10. The highest BCUT2D eigenvalue weighted by atomic mass is 32.2. The minimum Gasteiger partial charge on any atom is -0.497 e. The van der Waals surface area contributed by atoms with Crippen LogP contribution in [0.1, 0.15) is 35.7 Å². The van der Waals surface area contributed by atoms with Gasteiger partial charge in [-0.15, -0.1) is 0 Å². The Bertz CT molecular complexity index is 2000. The second-order valence-electron chi connectivity index (χ2n) is 10.4. The molecule has 0 aliphatic heterocycles. The minimum atomic E-state index is -3.89. The second-order valence-corrected chi connectivity index (χ2v) is 12.1. The number of aromatic nitrogens is 4. The van der Waals surface area contributed by atoms with Crippen molar-refractivity contribution in [2.24, 2.45) is 5.92 Å². The molecule has 3 N–H and O–H groups in total. The number of hydrogen-bond donors (Lipinski definition) is 3. The largest absolute Gasteiger partial charge is 0.497 e. The van der Waals surface area contributed by atoms with Crippen molar-refractivity contribution in [3.8, 4) is 5.75 Å². The summed E-state index contributed by atoms with van der Waals surface area (Å²) >= 11 is 0. The predicted molar refractivity (Wildman–Crippen MR) is 156 cm³/mol. The molecular weight excluding hydrogens is 561 g/mol.